The molecule has 1 aliphatic heterocycles. The van der Waals surface area contributed by atoms with E-state index in [1.165, 1.54) is 0 Å². The number of carbonyl (C=O) groups is 4. The summed E-state index contributed by atoms with van der Waals surface area (Å²) < 4.78 is 45.5. The van der Waals surface area contributed by atoms with Crippen LogP contribution in [0.2, 0.25) is 0 Å². The predicted octanol–water partition coefficient (Wildman–Crippen LogP) is 5.36. The SMILES string of the molecule is CC(C)(C)C(=O)OCOC(=O)C1CC(CP(=O)(OCOC(=O)C(C)(C)C)OCOC(=O)C(C)(C)C)c2ccccc2N1. The van der Waals surface area contributed by atoms with Crippen molar-refractivity contribution >= 4 is 37.2 Å². The van der Waals surface area contributed by atoms with Gasteiger partial charge in [-0.15, -0.1) is 0 Å². The molecule has 12 nitrogen and oxygen atoms in total. The van der Waals surface area contributed by atoms with Crippen LogP contribution in [-0.2, 0) is 51.7 Å². The lowest BCUT2D eigenvalue weighted by Crippen LogP contribution is -2.38. The van der Waals surface area contributed by atoms with Crippen LogP contribution in [-0.4, -0.2) is 56.5 Å². The van der Waals surface area contributed by atoms with Gasteiger partial charge in [0.25, 0.3) is 0 Å². The summed E-state index contributed by atoms with van der Waals surface area (Å²) in [4.78, 5) is 49.4. The zero-order valence-electron chi connectivity index (χ0n) is 25.9. The maximum absolute atomic E-state index is 13.9. The van der Waals surface area contributed by atoms with Crippen molar-refractivity contribution in [3.8, 4) is 0 Å². The minimum atomic E-state index is -4.07. The second kappa shape index (κ2) is 14.0. The van der Waals surface area contributed by atoms with Gasteiger partial charge in [-0.2, -0.15) is 0 Å². The molecule has 0 saturated carbocycles. The van der Waals surface area contributed by atoms with Gasteiger partial charge in [-0.3, -0.25) is 28.0 Å². The number of esters is 4. The smallest absolute Gasteiger partial charge is 0.337 e. The maximum Gasteiger partial charge on any atom is 0.337 e. The molecule has 0 aromatic heterocycles. The van der Waals surface area contributed by atoms with Gasteiger partial charge in [0, 0.05) is 5.69 Å². The van der Waals surface area contributed by atoms with E-state index in [0.717, 1.165) is 5.56 Å². The summed E-state index contributed by atoms with van der Waals surface area (Å²) in [6.45, 7) is 13.1. The molecule has 2 atom stereocenters. The first-order valence-corrected chi connectivity index (χ1v) is 15.4. The first kappa shape index (κ1) is 35.2. The molecular weight excluding hydrogens is 569 g/mol. The van der Waals surface area contributed by atoms with Crippen molar-refractivity contribution in [2.45, 2.75) is 80.7 Å². The molecule has 0 bridgehead atoms. The molecular formula is C29H44NO11P. The molecule has 0 aliphatic carbocycles. The average Bonchev–Trinajstić information content (AvgIpc) is 2.86. The van der Waals surface area contributed by atoms with Gasteiger partial charge in [-0.05, 0) is 86.3 Å². The van der Waals surface area contributed by atoms with Crippen molar-refractivity contribution in [3.63, 3.8) is 0 Å². The van der Waals surface area contributed by atoms with Crippen LogP contribution in [0, 0.1) is 16.2 Å². The number of para-hydroxylation sites is 1. The van der Waals surface area contributed by atoms with E-state index in [4.69, 9.17) is 28.0 Å². The average molecular weight is 614 g/mol. The molecule has 0 radical (unpaired) electrons. The Bertz CT molecular complexity index is 1140. The highest BCUT2D eigenvalue weighted by molar-refractivity contribution is 7.53. The Morgan fingerprint density at radius 2 is 1.19 bits per heavy atom. The molecule has 42 heavy (non-hydrogen) atoms. The van der Waals surface area contributed by atoms with Crippen molar-refractivity contribution in [2.24, 2.45) is 16.2 Å². The fourth-order valence-electron chi connectivity index (χ4n) is 3.59. The van der Waals surface area contributed by atoms with Gasteiger partial charge < -0.3 is 24.3 Å². The van der Waals surface area contributed by atoms with Crippen molar-refractivity contribution < 1.29 is 51.7 Å². The molecule has 1 heterocycles. The molecule has 0 spiro atoms. The van der Waals surface area contributed by atoms with Gasteiger partial charge in [0.2, 0.25) is 20.4 Å². The molecule has 13 heteroatoms. The summed E-state index contributed by atoms with van der Waals surface area (Å²) in [5.74, 6) is -2.89. The Morgan fingerprint density at radius 3 is 1.67 bits per heavy atom. The van der Waals surface area contributed by atoms with Crippen molar-refractivity contribution in [3.05, 3.63) is 29.8 Å². The fraction of sp³-hybridized carbons (Fsp3) is 0.655. The topological polar surface area (TPSA) is 153 Å². The monoisotopic (exact) mass is 613 g/mol. The number of fused-ring (bicyclic) bond motifs is 1. The van der Waals surface area contributed by atoms with E-state index in [0.29, 0.717) is 5.69 Å². The third kappa shape index (κ3) is 10.7. The molecule has 2 unspecified atom stereocenters. The summed E-state index contributed by atoms with van der Waals surface area (Å²) in [5.41, 5.74) is -1.06. The number of carbonyl (C=O) groups excluding carboxylic acids is 4. The summed E-state index contributed by atoms with van der Waals surface area (Å²) in [7, 11) is -4.07. The van der Waals surface area contributed by atoms with Crippen LogP contribution in [0.1, 0.15) is 80.2 Å². The van der Waals surface area contributed by atoms with Crippen LogP contribution >= 0.6 is 7.60 Å². The van der Waals surface area contributed by atoms with Gasteiger partial charge >= 0.3 is 31.5 Å². The molecule has 2 rings (SSSR count). The minimum absolute atomic E-state index is 0.128. The largest absolute Gasteiger partial charge is 0.438 e. The van der Waals surface area contributed by atoms with E-state index in [2.05, 4.69) is 5.32 Å². The number of anilines is 1. The molecule has 0 fully saturated rings. The number of hydrogen-bond acceptors (Lipinski definition) is 12. The molecule has 1 N–H and O–H groups in total. The van der Waals surface area contributed by atoms with Crippen LogP contribution in [0.15, 0.2) is 24.3 Å². The molecule has 1 aromatic carbocycles. The Balaban J connectivity index is 2.21. The van der Waals surface area contributed by atoms with Crippen molar-refractivity contribution in [1.82, 2.24) is 0 Å². The van der Waals surface area contributed by atoms with E-state index in [1.54, 1.807) is 80.5 Å². The zero-order chi connectivity index (χ0) is 31.9. The van der Waals surface area contributed by atoms with E-state index >= 15 is 0 Å². The number of nitrogens with one attached hydrogen (secondary N) is 1. The van der Waals surface area contributed by atoms with Crippen LogP contribution in [0.3, 0.4) is 0 Å². The summed E-state index contributed by atoms with van der Waals surface area (Å²) in [6.07, 6.45) is -0.0993. The molecule has 0 amide bonds. The lowest BCUT2D eigenvalue weighted by atomic mass is 9.88. The van der Waals surface area contributed by atoms with Gasteiger partial charge in [0.15, 0.2) is 0 Å². The van der Waals surface area contributed by atoms with Crippen LogP contribution in [0.4, 0.5) is 5.69 Å². The lowest BCUT2D eigenvalue weighted by Gasteiger charge is -2.33. The van der Waals surface area contributed by atoms with Gasteiger partial charge in [0.05, 0.1) is 22.4 Å². The summed E-state index contributed by atoms with van der Waals surface area (Å²) in [5, 5.41) is 3.11. The van der Waals surface area contributed by atoms with Crippen LogP contribution < -0.4 is 5.32 Å². The van der Waals surface area contributed by atoms with E-state index < -0.39 is 80.1 Å². The molecule has 1 aromatic rings. The standard InChI is InChI=1S/C29H44NO11P/c1-27(2,3)24(32)37-16-36-23(31)22-14-19(20-12-10-11-13-21(20)30-22)15-42(35,40-17-38-25(33)28(4,5)6)41-18-39-26(34)29(7,8)9/h10-13,19,22,30H,14-18H2,1-9H3. The van der Waals surface area contributed by atoms with E-state index in [1.807, 2.05) is 6.07 Å². The van der Waals surface area contributed by atoms with Gasteiger partial charge in [-0.1, -0.05) is 18.2 Å². The predicted molar refractivity (Wildman–Crippen MR) is 153 cm³/mol. The molecule has 0 saturated heterocycles. The third-order valence-corrected chi connectivity index (χ3v) is 7.97. The highest BCUT2D eigenvalue weighted by Crippen LogP contribution is 2.54. The first-order valence-electron chi connectivity index (χ1n) is 13.6. The second-order valence-corrected chi connectivity index (χ2v) is 15.2. The maximum atomic E-state index is 13.9. The van der Waals surface area contributed by atoms with Gasteiger partial charge in [-0.25, -0.2) is 4.79 Å². The Hall–Kier alpha value is -2.95. The quantitative estimate of drug-likeness (QED) is 0.148. The fourth-order valence-corrected chi connectivity index (χ4v) is 5.19. The van der Waals surface area contributed by atoms with Crippen molar-refractivity contribution in [1.29, 1.82) is 0 Å². The first-order chi connectivity index (χ1) is 19.2. The highest BCUT2D eigenvalue weighted by atomic mass is 31.2. The van der Waals surface area contributed by atoms with Crippen molar-refractivity contribution in [2.75, 3.05) is 31.9 Å². The second-order valence-electron chi connectivity index (χ2n) is 13.1. The summed E-state index contributed by atoms with van der Waals surface area (Å²) in [6, 6.07) is 6.25. The summed E-state index contributed by atoms with van der Waals surface area (Å²) >= 11 is 0. The number of rotatable bonds is 11. The number of benzene rings is 1. The Morgan fingerprint density at radius 1 is 0.738 bits per heavy atom. The normalized spacial score (nSPS) is 17.4. The molecule has 236 valence electrons. The zero-order valence-corrected chi connectivity index (χ0v) is 26.8. The minimum Gasteiger partial charge on any atom is -0.438 e. The lowest BCUT2D eigenvalue weighted by molar-refractivity contribution is -0.174. The Kier molecular flexibility index (Phi) is 11.8. The molecule has 1 aliphatic rings. The van der Waals surface area contributed by atoms with Crippen LogP contribution in [0.25, 0.3) is 0 Å². The Labute approximate surface area is 247 Å². The number of ether oxygens (including phenoxy) is 4. The number of hydrogen-bond donors (Lipinski definition) is 1. The highest BCUT2D eigenvalue weighted by Gasteiger charge is 2.39. The van der Waals surface area contributed by atoms with E-state index in [9.17, 15) is 23.7 Å². The van der Waals surface area contributed by atoms with Crippen LogP contribution in [0.5, 0.6) is 0 Å². The van der Waals surface area contributed by atoms with Gasteiger partial charge in [0.1, 0.15) is 6.04 Å². The van der Waals surface area contributed by atoms with E-state index in [-0.39, 0.29) is 12.6 Å². The third-order valence-electron chi connectivity index (χ3n) is 6.09.